The van der Waals surface area contributed by atoms with E-state index in [-0.39, 0.29) is 17.8 Å². The third-order valence-corrected chi connectivity index (χ3v) is 4.74. The highest BCUT2D eigenvalue weighted by molar-refractivity contribution is 7.09. The molecule has 1 unspecified atom stereocenters. The van der Waals surface area contributed by atoms with Gasteiger partial charge in [0.15, 0.2) is 5.84 Å². The Morgan fingerprint density at radius 1 is 1.62 bits per heavy atom. The molecule has 2 rings (SSSR count). The highest BCUT2D eigenvalue weighted by atomic mass is 32.1. The number of nitrogens with two attached hydrogens (primary N) is 1. The van der Waals surface area contributed by atoms with Crippen molar-refractivity contribution in [1.29, 1.82) is 0 Å². The summed E-state index contributed by atoms with van der Waals surface area (Å²) in [6, 6.07) is 4.02. The summed E-state index contributed by atoms with van der Waals surface area (Å²) in [6.45, 7) is 2.82. The largest absolute Gasteiger partial charge is 0.409 e. The Balaban J connectivity index is 2.04. The fourth-order valence-corrected chi connectivity index (χ4v) is 3.39. The normalized spacial score (nSPS) is 20.0. The second-order valence-electron chi connectivity index (χ2n) is 5.34. The predicted molar refractivity (Wildman–Crippen MR) is 81.5 cm³/mol. The third-order valence-electron chi connectivity index (χ3n) is 3.84. The van der Waals surface area contributed by atoms with E-state index in [1.165, 1.54) is 4.88 Å². The van der Waals surface area contributed by atoms with E-state index in [0.717, 1.165) is 6.42 Å². The fraction of sp³-hybridized carbons (Fsp3) is 0.571. The molecule has 6 nitrogen and oxygen atoms in total. The molecule has 1 atom stereocenters. The zero-order valence-corrected chi connectivity index (χ0v) is 12.9. The van der Waals surface area contributed by atoms with Gasteiger partial charge in [0, 0.05) is 30.6 Å². The minimum atomic E-state index is -0.962. The minimum absolute atomic E-state index is 0.0117. The molecule has 1 saturated heterocycles. The Kier molecular flexibility index (Phi) is 5.19. The number of oxime groups is 1. The van der Waals surface area contributed by atoms with Crippen molar-refractivity contribution < 1.29 is 14.7 Å². The van der Waals surface area contributed by atoms with Crippen molar-refractivity contribution in [3.63, 3.8) is 0 Å². The van der Waals surface area contributed by atoms with Gasteiger partial charge < -0.3 is 21.0 Å². The molecular formula is C14H21N3O3S. The van der Waals surface area contributed by atoms with Crippen molar-refractivity contribution >= 4 is 23.1 Å². The molecule has 4 N–H and O–H groups in total. The molecule has 0 bridgehead atoms. The molecular weight excluding hydrogens is 290 g/mol. The van der Waals surface area contributed by atoms with E-state index in [9.17, 15) is 4.79 Å². The standard InChI is InChI=1S/C14H21N3O3S/c1-10(9-11-3-2-8-21-11)16-13(18)14(12(15)17-19)4-6-20-7-5-14/h2-3,8,10,19H,4-7,9H2,1H3,(H2,15,17)(H,16,18). The van der Waals surface area contributed by atoms with Gasteiger partial charge >= 0.3 is 0 Å². The zero-order valence-electron chi connectivity index (χ0n) is 12.0. The zero-order chi connectivity index (χ0) is 15.3. The first-order valence-corrected chi connectivity index (χ1v) is 7.85. The van der Waals surface area contributed by atoms with E-state index in [4.69, 9.17) is 15.7 Å². The van der Waals surface area contributed by atoms with E-state index in [2.05, 4.69) is 10.5 Å². The van der Waals surface area contributed by atoms with Crippen molar-refractivity contribution in [3.05, 3.63) is 22.4 Å². The summed E-state index contributed by atoms with van der Waals surface area (Å²) >= 11 is 1.66. The number of ether oxygens (including phenoxy) is 1. The summed E-state index contributed by atoms with van der Waals surface area (Å²) in [5, 5.41) is 17.1. The first-order valence-electron chi connectivity index (χ1n) is 6.97. The number of thiophene rings is 1. The van der Waals surface area contributed by atoms with Crippen LogP contribution < -0.4 is 11.1 Å². The maximum Gasteiger partial charge on any atom is 0.234 e. The molecule has 1 fully saturated rings. The fourth-order valence-electron chi connectivity index (χ4n) is 2.56. The number of amidine groups is 1. The number of hydrogen-bond acceptors (Lipinski definition) is 5. The second-order valence-corrected chi connectivity index (χ2v) is 6.37. The number of nitrogens with one attached hydrogen (secondary N) is 1. The molecule has 0 saturated carbocycles. The molecule has 0 radical (unpaired) electrons. The lowest BCUT2D eigenvalue weighted by molar-refractivity contribution is -0.132. The Labute approximate surface area is 128 Å². The van der Waals surface area contributed by atoms with E-state index < -0.39 is 5.41 Å². The number of carbonyl (C=O) groups excluding carboxylic acids is 1. The van der Waals surface area contributed by atoms with E-state index in [1.54, 1.807) is 11.3 Å². The van der Waals surface area contributed by atoms with Crippen molar-refractivity contribution in [2.24, 2.45) is 16.3 Å². The highest BCUT2D eigenvalue weighted by Gasteiger charge is 2.44. The number of hydrogen-bond donors (Lipinski definition) is 3. The smallest absolute Gasteiger partial charge is 0.234 e. The van der Waals surface area contributed by atoms with Crippen molar-refractivity contribution in [2.45, 2.75) is 32.2 Å². The van der Waals surface area contributed by atoms with Crippen LogP contribution in [0.25, 0.3) is 0 Å². The van der Waals surface area contributed by atoms with Crippen molar-refractivity contribution in [3.8, 4) is 0 Å². The van der Waals surface area contributed by atoms with Crippen LogP contribution in [-0.4, -0.2) is 36.2 Å². The molecule has 1 aromatic heterocycles. The van der Waals surface area contributed by atoms with Crippen LogP contribution in [0.5, 0.6) is 0 Å². The summed E-state index contributed by atoms with van der Waals surface area (Å²) in [5.74, 6) is -0.225. The number of nitrogens with zero attached hydrogens (tertiary/aromatic N) is 1. The van der Waals surface area contributed by atoms with E-state index in [0.29, 0.717) is 26.1 Å². The van der Waals surface area contributed by atoms with Crippen LogP contribution in [0.3, 0.4) is 0 Å². The van der Waals surface area contributed by atoms with Gasteiger partial charge in [-0.3, -0.25) is 4.79 Å². The van der Waals surface area contributed by atoms with Crippen LogP contribution in [0.4, 0.5) is 0 Å². The molecule has 2 heterocycles. The van der Waals surface area contributed by atoms with Gasteiger partial charge in [-0.1, -0.05) is 11.2 Å². The minimum Gasteiger partial charge on any atom is -0.409 e. The molecule has 1 amide bonds. The van der Waals surface area contributed by atoms with E-state index >= 15 is 0 Å². The first kappa shape index (κ1) is 15.8. The summed E-state index contributed by atoms with van der Waals surface area (Å²) in [7, 11) is 0. The van der Waals surface area contributed by atoms with Gasteiger partial charge in [0.05, 0.1) is 0 Å². The molecule has 1 aromatic rings. The Morgan fingerprint density at radius 2 is 2.33 bits per heavy atom. The van der Waals surface area contributed by atoms with Crippen LogP contribution in [0, 0.1) is 5.41 Å². The van der Waals surface area contributed by atoms with Crippen LogP contribution in [0.2, 0.25) is 0 Å². The van der Waals surface area contributed by atoms with Gasteiger partial charge in [-0.15, -0.1) is 11.3 Å². The van der Waals surface area contributed by atoms with Crippen LogP contribution in [0.15, 0.2) is 22.7 Å². The maximum atomic E-state index is 12.6. The van der Waals surface area contributed by atoms with Gasteiger partial charge in [0.1, 0.15) is 5.41 Å². The lowest BCUT2D eigenvalue weighted by Crippen LogP contribution is -2.54. The molecule has 0 aliphatic carbocycles. The number of amides is 1. The van der Waals surface area contributed by atoms with Crippen molar-refractivity contribution in [2.75, 3.05) is 13.2 Å². The number of rotatable bonds is 5. The van der Waals surface area contributed by atoms with Gasteiger partial charge in [-0.25, -0.2) is 0 Å². The summed E-state index contributed by atoms with van der Waals surface area (Å²) in [6.07, 6.45) is 1.63. The second kappa shape index (κ2) is 6.91. The summed E-state index contributed by atoms with van der Waals surface area (Å²) in [4.78, 5) is 13.8. The summed E-state index contributed by atoms with van der Waals surface area (Å²) in [5.41, 5.74) is 4.82. The molecule has 1 aliphatic rings. The van der Waals surface area contributed by atoms with E-state index in [1.807, 2.05) is 24.4 Å². The molecule has 1 aliphatic heterocycles. The van der Waals surface area contributed by atoms with Crippen LogP contribution >= 0.6 is 11.3 Å². The molecule has 116 valence electrons. The molecule has 7 heteroatoms. The third kappa shape index (κ3) is 3.54. The SMILES string of the molecule is CC(Cc1cccs1)NC(=O)C1(C(N)=NO)CCOCC1. The van der Waals surface area contributed by atoms with Gasteiger partial charge in [-0.05, 0) is 31.2 Å². The maximum absolute atomic E-state index is 12.6. The monoisotopic (exact) mass is 311 g/mol. The van der Waals surface area contributed by atoms with Gasteiger partial charge in [0.25, 0.3) is 0 Å². The topological polar surface area (TPSA) is 96.9 Å². The molecule has 0 aromatic carbocycles. The summed E-state index contributed by atoms with van der Waals surface area (Å²) < 4.78 is 5.29. The molecule has 21 heavy (non-hydrogen) atoms. The first-order chi connectivity index (χ1) is 10.1. The quantitative estimate of drug-likeness (QED) is 0.331. The number of carbonyl (C=O) groups is 1. The average molecular weight is 311 g/mol. The average Bonchev–Trinajstić information content (AvgIpc) is 2.99. The van der Waals surface area contributed by atoms with Gasteiger partial charge in [0.2, 0.25) is 5.91 Å². The molecule has 0 spiro atoms. The van der Waals surface area contributed by atoms with Gasteiger partial charge in [-0.2, -0.15) is 0 Å². The Morgan fingerprint density at radius 3 is 2.90 bits per heavy atom. The Bertz CT molecular complexity index is 496. The predicted octanol–water partition coefficient (Wildman–Crippen LogP) is 1.34. The lowest BCUT2D eigenvalue weighted by atomic mass is 9.78. The van der Waals surface area contributed by atoms with Crippen LogP contribution in [0.1, 0.15) is 24.6 Å². The van der Waals surface area contributed by atoms with Crippen molar-refractivity contribution in [1.82, 2.24) is 5.32 Å². The highest BCUT2D eigenvalue weighted by Crippen LogP contribution is 2.31. The Hall–Kier alpha value is -1.60. The van der Waals surface area contributed by atoms with Crippen LogP contribution in [-0.2, 0) is 16.0 Å². The lowest BCUT2D eigenvalue weighted by Gasteiger charge is -2.35.